The second-order valence-electron chi connectivity index (χ2n) is 6.16. The van der Waals surface area contributed by atoms with E-state index in [-0.39, 0.29) is 11.9 Å². The molecule has 1 aromatic heterocycles. The molecule has 9 heteroatoms. The molecule has 3 aromatic rings. The molecular weight excluding hydrogens is 444 g/mol. The summed E-state index contributed by atoms with van der Waals surface area (Å²) < 4.78 is 13.3. The summed E-state index contributed by atoms with van der Waals surface area (Å²) in [6, 6.07) is 11.0. The Kier molecular flexibility index (Phi) is 6.15. The van der Waals surface area contributed by atoms with Crippen molar-refractivity contribution in [1.29, 1.82) is 0 Å². The number of rotatable bonds is 6. The van der Waals surface area contributed by atoms with Gasteiger partial charge in [0.15, 0.2) is 17.3 Å². The van der Waals surface area contributed by atoms with Gasteiger partial charge in [-0.3, -0.25) is 0 Å². The van der Waals surface area contributed by atoms with Gasteiger partial charge in [0.05, 0.1) is 23.9 Å². The van der Waals surface area contributed by atoms with E-state index in [4.69, 9.17) is 21.7 Å². The first-order valence-corrected chi connectivity index (χ1v) is 9.64. The van der Waals surface area contributed by atoms with E-state index in [0.717, 1.165) is 11.3 Å². The van der Waals surface area contributed by atoms with Gasteiger partial charge in [0, 0.05) is 5.56 Å². The lowest BCUT2D eigenvalue weighted by Crippen LogP contribution is -2.05. The van der Waals surface area contributed by atoms with Crippen LogP contribution in [0.4, 0.5) is 0 Å². The number of aromatic amines is 1. The summed E-state index contributed by atoms with van der Waals surface area (Å²) >= 11 is 8.61. The first-order chi connectivity index (χ1) is 13.4. The molecule has 3 rings (SSSR count). The minimum absolute atomic E-state index is 0.0298. The number of H-pyrrole nitrogens is 1. The van der Waals surface area contributed by atoms with Gasteiger partial charge in [0.2, 0.25) is 4.77 Å². The maximum atomic E-state index is 9.93. The van der Waals surface area contributed by atoms with Crippen molar-refractivity contribution in [1.82, 2.24) is 14.9 Å². The van der Waals surface area contributed by atoms with E-state index in [1.165, 1.54) is 11.8 Å². The fraction of sp³-hybridized carbons (Fsp3) is 0.211. The van der Waals surface area contributed by atoms with Crippen LogP contribution >= 0.6 is 28.1 Å². The lowest BCUT2D eigenvalue weighted by atomic mass is 10.2. The Bertz CT molecular complexity index is 1080. The molecule has 0 bridgehead atoms. The Morgan fingerprint density at radius 2 is 2.11 bits per heavy atom. The lowest BCUT2D eigenvalue weighted by molar-refractivity contribution is 0.242. The minimum atomic E-state index is 0.0298. The maximum Gasteiger partial charge on any atom is 0.216 e. The van der Waals surface area contributed by atoms with Crippen molar-refractivity contribution >= 4 is 34.4 Å². The fourth-order valence-electron chi connectivity index (χ4n) is 2.51. The number of aromatic hydroxyl groups is 1. The molecule has 0 saturated carbocycles. The number of phenols is 1. The monoisotopic (exact) mass is 462 g/mol. The molecular formula is C19H19BrN4O3S. The van der Waals surface area contributed by atoms with Crippen molar-refractivity contribution in [2.45, 2.75) is 20.0 Å². The number of halogens is 1. The highest BCUT2D eigenvalue weighted by atomic mass is 79.9. The van der Waals surface area contributed by atoms with Crippen molar-refractivity contribution in [2.24, 2.45) is 5.10 Å². The SMILES string of the molecule is COc1cc(/C=N/n2c(-c3cccc(OC(C)C)c3)n[nH]c2=S)cc(Br)c1O. The smallest absolute Gasteiger partial charge is 0.216 e. The summed E-state index contributed by atoms with van der Waals surface area (Å²) in [4.78, 5) is 0. The maximum absolute atomic E-state index is 9.93. The molecule has 0 atom stereocenters. The van der Waals surface area contributed by atoms with Crippen LogP contribution in [0.2, 0.25) is 0 Å². The lowest BCUT2D eigenvalue weighted by Gasteiger charge is -2.10. The molecule has 2 aromatic carbocycles. The summed E-state index contributed by atoms with van der Waals surface area (Å²) in [5.41, 5.74) is 1.53. The summed E-state index contributed by atoms with van der Waals surface area (Å²) in [7, 11) is 1.49. The summed E-state index contributed by atoms with van der Waals surface area (Å²) in [5, 5.41) is 21.4. The third kappa shape index (κ3) is 4.42. The first kappa shape index (κ1) is 20.1. The highest BCUT2D eigenvalue weighted by molar-refractivity contribution is 9.10. The van der Waals surface area contributed by atoms with Gasteiger partial charge in [-0.15, -0.1) is 0 Å². The number of nitrogens with zero attached hydrogens (tertiary/aromatic N) is 3. The van der Waals surface area contributed by atoms with E-state index in [0.29, 0.717) is 26.4 Å². The van der Waals surface area contributed by atoms with Crippen LogP contribution in [-0.2, 0) is 0 Å². The summed E-state index contributed by atoms with van der Waals surface area (Å²) in [5.74, 6) is 1.66. The van der Waals surface area contributed by atoms with Crippen LogP contribution in [0.25, 0.3) is 11.4 Å². The Morgan fingerprint density at radius 3 is 2.82 bits per heavy atom. The normalized spacial score (nSPS) is 11.3. The van der Waals surface area contributed by atoms with Gasteiger partial charge in [0.1, 0.15) is 5.75 Å². The van der Waals surface area contributed by atoms with Crippen LogP contribution in [0.1, 0.15) is 19.4 Å². The predicted molar refractivity (Wildman–Crippen MR) is 114 cm³/mol. The molecule has 0 aliphatic heterocycles. The summed E-state index contributed by atoms with van der Waals surface area (Å²) in [6.07, 6.45) is 1.67. The number of ether oxygens (including phenoxy) is 2. The van der Waals surface area contributed by atoms with Gasteiger partial charge in [-0.25, -0.2) is 5.10 Å². The van der Waals surface area contributed by atoms with E-state index in [1.54, 1.807) is 18.3 Å². The van der Waals surface area contributed by atoms with E-state index >= 15 is 0 Å². The van der Waals surface area contributed by atoms with Gasteiger partial charge in [0.25, 0.3) is 0 Å². The minimum Gasteiger partial charge on any atom is -0.503 e. The summed E-state index contributed by atoms with van der Waals surface area (Å²) in [6.45, 7) is 3.94. The number of aromatic nitrogens is 3. The zero-order valence-corrected chi connectivity index (χ0v) is 17.9. The molecule has 2 N–H and O–H groups in total. The first-order valence-electron chi connectivity index (χ1n) is 8.44. The quantitative estimate of drug-likeness (QED) is 0.407. The van der Waals surface area contributed by atoms with Crippen LogP contribution in [0.5, 0.6) is 17.2 Å². The van der Waals surface area contributed by atoms with Gasteiger partial charge in [-0.05, 0) is 71.8 Å². The Balaban J connectivity index is 1.98. The Morgan fingerprint density at radius 1 is 1.32 bits per heavy atom. The molecule has 0 amide bonds. The zero-order chi connectivity index (χ0) is 20.3. The van der Waals surface area contributed by atoms with Crippen LogP contribution in [0.3, 0.4) is 0 Å². The molecule has 7 nitrogen and oxygen atoms in total. The van der Waals surface area contributed by atoms with Crippen LogP contribution in [0.15, 0.2) is 46.0 Å². The second-order valence-corrected chi connectivity index (χ2v) is 7.40. The third-order valence-corrected chi connectivity index (χ3v) is 4.58. The van der Waals surface area contributed by atoms with E-state index < -0.39 is 0 Å². The number of methoxy groups -OCH3 is 1. The van der Waals surface area contributed by atoms with E-state index in [2.05, 4.69) is 31.2 Å². The molecule has 1 heterocycles. The largest absolute Gasteiger partial charge is 0.503 e. The molecule has 0 radical (unpaired) electrons. The fourth-order valence-corrected chi connectivity index (χ4v) is 3.15. The second kappa shape index (κ2) is 8.57. The molecule has 0 fully saturated rings. The van der Waals surface area contributed by atoms with Crippen LogP contribution in [0, 0.1) is 4.77 Å². The van der Waals surface area contributed by atoms with Crippen molar-refractivity contribution in [3.63, 3.8) is 0 Å². The third-order valence-electron chi connectivity index (χ3n) is 3.71. The number of phenolic OH excluding ortho intramolecular Hbond substituents is 1. The van der Waals surface area contributed by atoms with Gasteiger partial charge in [-0.1, -0.05) is 12.1 Å². The zero-order valence-electron chi connectivity index (χ0n) is 15.5. The van der Waals surface area contributed by atoms with E-state index in [1.807, 2.05) is 38.1 Å². The molecule has 0 spiro atoms. The highest BCUT2D eigenvalue weighted by Gasteiger charge is 2.11. The van der Waals surface area contributed by atoms with Crippen molar-refractivity contribution in [3.05, 3.63) is 51.2 Å². The molecule has 0 unspecified atom stereocenters. The average Bonchev–Trinajstić information content (AvgIpc) is 3.03. The van der Waals surface area contributed by atoms with Gasteiger partial charge >= 0.3 is 0 Å². The molecule has 28 heavy (non-hydrogen) atoms. The number of nitrogens with one attached hydrogen (secondary N) is 1. The van der Waals surface area contributed by atoms with Gasteiger partial charge in [-0.2, -0.15) is 14.9 Å². The van der Waals surface area contributed by atoms with Crippen LogP contribution in [-0.4, -0.2) is 39.4 Å². The predicted octanol–water partition coefficient (Wildman–Crippen LogP) is 4.75. The van der Waals surface area contributed by atoms with Gasteiger partial charge < -0.3 is 14.6 Å². The standard InChI is InChI=1S/C19H19BrN4O3S/c1-11(2)27-14-6-4-5-13(9-14)18-22-23-19(28)24(18)21-10-12-7-15(20)17(25)16(8-12)26-3/h4-11,25H,1-3H3,(H,23,28)/b21-10+. The molecule has 0 aliphatic carbocycles. The van der Waals surface area contributed by atoms with Crippen molar-refractivity contribution in [3.8, 4) is 28.6 Å². The highest BCUT2D eigenvalue weighted by Crippen LogP contribution is 2.34. The Hall–Kier alpha value is -2.65. The van der Waals surface area contributed by atoms with Crippen LogP contribution < -0.4 is 9.47 Å². The Labute approximate surface area is 175 Å². The molecule has 0 saturated heterocycles. The van der Waals surface area contributed by atoms with Crippen molar-refractivity contribution in [2.75, 3.05) is 7.11 Å². The topological polar surface area (TPSA) is 84.7 Å². The molecule has 0 aliphatic rings. The number of hydrogen-bond donors (Lipinski definition) is 2. The number of benzene rings is 2. The average molecular weight is 463 g/mol. The van der Waals surface area contributed by atoms with E-state index in [9.17, 15) is 5.11 Å². The molecule has 146 valence electrons. The number of hydrogen-bond acceptors (Lipinski definition) is 6. The van der Waals surface area contributed by atoms with Crippen molar-refractivity contribution < 1.29 is 14.6 Å².